The van der Waals surface area contributed by atoms with Crippen molar-refractivity contribution in [3.05, 3.63) is 0 Å². The number of nitrogens with zero attached hydrogens (tertiary/aromatic N) is 2. The molecule has 1 unspecified atom stereocenters. The minimum Gasteiger partial charge on any atom is -0.444 e. The van der Waals surface area contributed by atoms with Crippen LogP contribution in [0.25, 0.3) is 0 Å². The minimum atomic E-state index is -0.457. The van der Waals surface area contributed by atoms with Crippen molar-refractivity contribution in [2.45, 2.75) is 71.6 Å². The van der Waals surface area contributed by atoms with E-state index in [1.807, 2.05) is 25.7 Å². The Labute approximate surface area is 157 Å². The monoisotopic (exact) mass is 440 g/mol. The fourth-order valence-corrected chi connectivity index (χ4v) is 2.46. The van der Waals surface area contributed by atoms with Crippen molar-refractivity contribution in [2.24, 2.45) is 4.99 Å². The van der Waals surface area contributed by atoms with Gasteiger partial charge in [-0.15, -0.1) is 24.0 Å². The first-order valence-electron chi connectivity index (χ1n) is 8.19. The van der Waals surface area contributed by atoms with Crippen molar-refractivity contribution in [1.29, 1.82) is 0 Å². The number of rotatable bonds is 3. The summed E-state index contributed by atoms with van der Waals surface area (Å²) >= 11 is 0. The largest absolute Gasteiger partial charge is 0.444 e. The van der Waals surface area contributed by atoms with Gasteiger partial charge in [-0.1, -0.05) is 0 Å². The predicted octanol–water partition coefficient (Wildman–Crippen LogP) is 2.97. The van der Waals surface area contributed by atoms with Gasteiger partial charge < -0.3 is 20.3 Å². The van der Waals surface area contributed by atoms with Gasteiger partial charge >= 0.3 is 6.09 Å². The highest BCUT2D eigenvalue weighted by Gasteiger charge is 2.30. The first kappa shape index (κ1) is 22.3. The Balaban J connectivity index is 0.00000484. The average Bonchev–Trinajstić information content (AvgIpc) is 2.41. The number of hydrogen-bond donors (Lipinski definition) is 2. The minimum absolute atomic E-state index is 0. The van der Waals surface area contributed by atoms with Crippen LogP contribution in [0.3, 0.4) is 0 Å². The molecule has 1 rings (SSSR count). The summed E-state index contributed by atoms with van der Waals surface area (Å²) in [4.78, 5) is 18.4. The molecule has 1 fully saturated rings. The molecule has 2 N–H and O–H groups in total. The first-order chi connectivity index (χ1) is 10.2. The van der Waals surface area contributed by atoms with Crippen molar-refractivity contribution < 1.29 is 9.53 Å². The second-order valence-corrected chi connectivity index (χ2v) is 7.08. The fourth-order valence-electron chi connectivity index (χ4n) is 2.46. The highest BCUT2D eigenvalue weighted by atomic mass is 127. The Hall–Kier alpha value is -0.730. The number of aliphatic imine (C=N–C) groups is 1. The fraction of sp³-hybridized carbons (Fsp3) is 0.875. The van der Waals surface area contributed by atoms with Crippen molar-refractivity contribution in [3.8, 4) is 0 Å². The van der Waals surface area contributed by atoms with Crippen LogP contribution in [0.4, 0.5) is 4.79 Å². The van der Waals surface area contributed by atoms with E-state index >= 15 is 0 Å². The van der Waals surface area contributed by atoms with Gasteiger partial charge in [0, 0.05) is 26.2 Å². The molecule has 0 radical (unpaired) electrons. The SMILES string of the molecule is CN=C(NCC1CCCCN1C(=O)OC(C)(C)C)NC(C)C.I. The smallest absolute Gasteiger partial charge is 0.410 e. The second kappa shape index (κ2) is 10.2. The molecule has 0 aromatic carbocycles. The van der Waals surface area contributed by atoms with Crippen molar-refractivity contribution in [2.75, 3.05) is 20.1 Å². The molecular formula is C16H33IN4O2. The molecule has 1 atom stereocenters. The summed E-state index contributed by atoms with van der Waals surface area (Å²) in [7, 11) is 1.75. The molecule has 1 saturated heterocycles. The first-order valence-corrected chi connectivity index (χ1v) is 8.19. The summed E-state index contributed by atoms with van der Waals surface area (Å²) in [6.45, 7) is 11.3. The van der Waals surface area contributed by atoms with E-state index in [1.165, 1.54) is 0 Å². The number of halogens is 1. The molecule has 0 aliphatic carbocycles. The maximum absolute atomic E-state index is 12.3. The van der Waals surface area contributed by atoms with Gasteiger partial charge in [0.05, 0.1) is 6.04 Å². The number of piperidine rings is 1. The zero-order valence-electron chi connectivity index (χ0n) is 15.3. The molecule has 0 aromatic heterocycles. The molecule has 1 amide bonds. The van der Waals surface area contributed by atoms with Crippen LogP contribution >= 0.6 is 24.0 Å². The van der Waals surface area contributed by atoms with Crippen LogP contribution in [0.2, 0.25) is 0 Å². The van der Waals surface area contributed by atoms with Gasteiger partial charge in [0.25, 0.3) is 0 Å². The van der Waals surface area contributed by atoms with Crippen LogP contribution in [0.5, 0.6) is 0 Å². The van der Waals surface area contributed by atoms with Gasteiger partial charge in [-0.25, -0.2) is 4.79 Å². The maximum Gasteiger partial charge on any atom is 0.410 e. The van der Waals surface area contributed by atoms with E-state index in [4.69, 9.17) is 4.74 Å². The van der Waals surface area contributed by atoms with Crippen molar-refractivity contribution in [1.82, 2.24) is 15.5 Å². The third-order valence-corrected chi connectivity index (χ3v) is 3.41. The lowest BCUT2D eigenvalue weighted by atomic mass is 10.0. The number of amides is 1. The van der Waals surface area contributed by atoms with E-state index in [2.05, 4.69) is 29.5 Å². The molecule has 1 heterocycles. The third kappa shape index (κ3) is 8.62. The van der Waals surface area contributed by atoms with Gasteiger partial charge in [0.2, 0.25) is 0 Å². The number of carbonyl (C=O) groups is 1. The lowest BCUT2D eigenvalue weighted by Gasteiger charge is -2.37. The number of carbonyl (C=O) groups excluding carboxylic acids is 1. The molecule has 1 aliphatic rings. The topological polar surface area (TPSA) is 66.0 Å². The molecule has 136 valence electrons. The van der Waals surface area contributed by atoms with Crippen molar-refractivity contribution >= 4 is 36.0 Å². The number of guanidine groups is 1. The third-order valence-electron chi connectivity index (χ3n) is 3.41. The van der Waals surface area contributed by atoms with Gasteiger partial charge in [0.15, 0.2) is 5.96 Å². The highest BCUT2D eigenvalue weighted by Crippen LogP contribution is 2.20. The lowest BCUT2D eigenvalue weighted by Crippen LogP contribution is -2.52. The predicted molar refractivity (Wildman–Crippen MR) is 106 cm³/mol. The van der Waals surface area contributed by atoms with Crippen LogP contribution in [0.15, 0.2) is 4.99 Å². The maximum atomic E-state index is 12.3. The Morgan fingerprint density at radius 1 is 1.35 bits per heavy atom. The molecule has 7 heteroatoms. The Morgan fingerprint density at radius 3 is 2.52 bits per heavy atom. The van der Waals surface area contributed by atoms with E-state index in [9.17, 15) is 4.79 Å². The van der Waals surface area contributed by atoms with Crippen LogP contribution in [0.1, 0.15) is 53.9 Å². The second-order valence-electron chi connectivity index (χ2n) is 7.08. The van der Waals surface area contributed by atoms with Crippen LogP contribution in [-0.2, 0) is 4.74 Å². The molecule has 0 bridgehead atoms. The van der Waals surface area contributed by atoms with E-state index in [0.29, 0.717) is 12.6 Å². The summed E-state index contributed by atoms with van der Waals surface area (Å²) in [5.41, 5.74) is -0.457. The van der Waals surface area contributed by atoms with Gasteiger partial charge in [-0.2, -0.15) is 0 Å². The summed E-state index contributed by atoms with van der Waals surface area (Å²) in [6.07, 6.45) is 2.95. The lowest BCUT2D eigenvalue weighted by molar-refractivity contribution is 0.0104. The Kier molecular flexibility index (Phi) is 9.88. The number of hydrogen-bond acceptors (Lipinski definition) is 3. The van der Waals surface area contributed by atoms with Crippen molar-refractivity contribution in [3.63, 3.8) is 0 Å². The molecule has 23 heavy (non-hydrogen) atoms. The summed E-state index contributed by atoms with van der Waals surface area (Å²) < 4.78 is 5.52. The zero-order chi connectivity index (χ0) is 16.8. The number of ether oxygens (including phenoxy) is 1. The zero-order valence-corrected chi connectivity index (χ0v) is 17.6. The summed E-state index contributed by atoms with van der Waals surface area (Å²) in [6, 6.07) is 0.467. The average molecular weight is 440 g/mol. The normalized spacial score (nSPS) is 19.2. The highest BCUT2D eigenvalue weighted by molar-refractivity contribution is 14.0. The quantitative estimate of drug-likeness (QED) is 0.403. The summed E-state index contributed by atoms with van der Waals surface area (Å²) in [5, 5.41) is 6.56. The number of likely N-dealkylation sites (tertiary alicyclic amines) is 1. The van der Waals surface area contributed by atoms with Gasteiger partial charge in [-0.05, 0) is 53.9 Å². The molecule has 6 nitrogen and oxygen atoms in total. The van der Waals surface area contributed by atoms with Gasteiger partial charge in [0.1, 0.15) is 5.60 Å². The van der Waals surface area contributed by atoms with E-state index in [-0.39, 0.29) is 36.1 Å². The van der Waals surface area contributed by atoms with Crippen LogP contribution in [-0.4, -0.2) is 54.8 Å². The standard InChI is InChI=1S/C16H32N4O2.HI/c1-12(2)19-14(17-6)18-11-13-9-7-8-10-20(13)15(21)22-16(3,4)5;/h12-13H,7-11H2,1-6H3,(H2,17,18,19);1H. The van der Waals surface area contributed by atoms with Crippen LogP contribution < -0.4 is 10.6 Å². The van der Waals surface area contributed by atoms with E-state index in [1.54, 1.807) is 7.05 Å². The molecule has 0 aromatic rings. The molecule has 0 saturated carbocycles. The Morgan fingerprint density at radius 2 is 2.00 bits per heavy atom. The molecule has 1 aliphatic heterocycles. The van der Waals surface area contributed by atoms with Crippen LogP contribution in [0, 0.1) is 0 Å². The van der Waals surface area contributed by atoms with E-state index < -0.39 is 5.60 Å². The van der Waals surface area contributed by atoms with Gasteiger partial charge in [-0.3, -0.25) is 4.99 Å². The number of nitrogens with one attached hydrogen (secondary N) is 2. The summed E-state index contributed by atoms with van der Waals surface area (Å²) in [5.74, 6) is 0.768. The molecular weight excluding hydrogens is 407 g/mol. The molecule has 0 spiro atoms. The van der Waals surface area contributed by atoms with E-state index in [0.717, 1.165) is 31.8 Å². The Bertz CT molecular complexity index is 394.